The fraction of sp³-hybridized carbons (Fsp3) is 1.00. The van der Waals surface area contributed by atoms with Crippen molar-refractivity contribution >= 4 is 8.80 Å². The summed E-state index contributed by atoms with van der Waals surface area (Å²) in [4.78, 5) is 0. The monoisotopic (exact) mass is 416 g/mol. The van der Waals surface area contributed by atoms with E-state index < -0.39 is 8.80 Å². The van der Waals surface area contributed by atoms with Gasteiger partial charge in [0.2, 0.25) is 0 Å². The molecule has 0 aliphatic carbocycles. The van der Waals surface area contributed by atoms with E-state index in [0.29, 0.717) is 13.2 Å². The molecule has 0 heterocycles. The van der Waals surface area contributed by atoms with E-state index in [9.17, 15) is 0 Å². The van der Waals surface area contributed by atoms with Crippen molar-refractivity contribution < 1.29 is 13.3 Å². The lowest BCUT2D eigenvalue weighted by Gasteiger charge is -2.32. The Hall–Kier alpha value is 0.0969. The Morgan fingerprint density at radius 2 is 1.00 bits per heavy atom. The first-order valence-corrected chi connectivity index (χ1v) is 14.5. The van der Waals surface area contributed by atoms with Crippen molar-refractivity contribution in [1.29, 1.82) is 0 Å². The smallest absolute Gasteiger partial charge is 0.374 e. The minimum Gasteiger partial charge on any atom is -0.374 e. The first kappa shape index (κ1) is 28.1. The van der Waals surface area contributed by atoms with E-state index in [2.05, 4.69) is 34.6 Å². The van der Waals surface area contributed by atoms with Crippen LogP contribution in [0.25, 0.3) is 0 Å². The van der Waals surface area contributed by atoms with Gasteiger partial charge < -0.3 is 13.3 Å². The van der Waals surface area contributed by atoms with Crippen molar-refractivity contribution in [3.8, 4) is 0 Å². The fourth-order valence-electron chi connectivity index (χ4n) is 3.81. The van der Waals surface area contributed by atoms with Crippen LogP contribution in [0.5, 0.6) is 0 Å². The zero-order chi connectivity index (χ0) is 20.9. The third kappa shape index (κ3) is 16.0. The summed E-state index contributed by atoms with van der Waals surface area (Å²) in [6, 6.07) is 0.977. The van der Waals surface area contributed by atoms with Crippen LogP contribution in [-0.4, -0.2) is 28.1 Å². The van der Waals surface area contributed by atoms with Crippen molar-refractivity contribution in [2.45, 2.75) is 143 Å². The van der Waals surface area contributed by atoms with E-state index in [1.165, 1.54) is 89.9 Å². The van der Waals surface area contributed by atoms with Gasteiger partial charge in [0, 0.05) is 25.4 Å². The molecule has 0 aliphatic heterocycles. The van der Waals surface area contributed by atoms with Crippen LogP contribution in [0, 0.1) is 0 Å². The van der Waals surface area contributed by atoms with Gasteiger partial charge in [-0.3, -0.25) is 0 Å². The largest absolute Gasteiger partial charge is 0.501 e. The van der Waals surface area contributed by atoms with Crippen LogP contribution in [0.2, 0.25) is 6.04 Å². The van der Waals surface area contributed by atoms with Crippen molar-refractivity contribution in [3.63, 3.8) is 0 Å². The molecule has 1 unspecified atom stereocenters. The molecule has 0 aromatic carbocycles. The average molecular weight is 417 g/mol. The van der Waals surface area contributed by atoms with Gasteiger partial charge in [-0.15, -0.1) is 0 Å². The number of unbranched alkanes of at least 4 members (excludes halogenated alkanes) is 12. The molecule has 28 heavy (non-hydrogen) atoms. The highest BCUT2D eigenvalue weighted by Crippen LogP contribution is 2.24. The molecule has 0 rings (SSSR count). The van der Waals surface area contributed by atoms with Crippen molar-refractivity contribution in [2.24, 2.45) is 0 Å². The predicted octanol–water partition coefficient (Wildman–Crippen LogP) is 8.29. The Morgan fingerprint density at radius 1 is 0.571 bits per heavy atom. The highest BCUT2D eigenvalue weighted by molar-refractivity contribution is 6.60. The first-order chi connectivity index (χ1) is 13.6. The second-order valence-corrected chi connectivity index (χ2v) is 10.9. The van der Waals surface area contributed by atoms with Crippen LogP contribution < -0.4 is 0 Å². The highest BCUT2D eigenvalue weighted by Gasteiger charge is 2.41. The quantitative estimate of drug-likeness (QED) is 0.131. The van der Waals surface area contributed by atoms with Crippen molar-refractivity contribution in [1.82, 2.24) is 0 Å². The maximum Gasteiger partial charge on any atom is 0.501 e. The van der Waals surface area contributed by atoms with Gasteiger partial charge in [0.05, 0.1) is 0 Å². The van der Waals surface area contributed by atoms with Gasteiger partial charge in [0.15, 0.2) is 0 Å². The molecule has 0 saturated heterocycles. The Bertz CT molecular complexity index is 306. The van der Waals surface area contributed by atoms with Crippen LogP contribution in [0.1, 0.15) is 131 Å². The molecule has 0 amide bonds. The summed E-state index contributed by atoms with van der Waals surface area (Å²) in [6.45, 7) is 12.3. The zero-order valence-corrected chi connectivity index (χ0v) is 21.0. The zero-order valence-electron chi connectivity index (χ0n) is 20.0. The molecule has 4 heteroatoms. The molecule has 0 saturated carbocycles. The molecule has 0 aliphatic rings. The molecule has 0 radical (unpaired) electrons. The lowest BCUT2D eigenvalue weighted by molar-refractivity contribution is 0.0342. The molecule has 0 bridgehead atoms. The Morgan fingerprint density at radius 3 is 1.46 bits per heavy atom. The molecular formula is C24H52O3Si. The van der Waals surface area contributed by atoms with Crippen LogP contribution in [-0.2, 0) is 13.3 Å². The van der Waals surface area contributed by atoms with Gasteiger partial charge in [-0.25, -0.2) is 0 Å². The maximum absolute atomic E-state index is 6.50. The molecule has 0 spiro atoms. The van der Waals surface area contributed by atoms with E-state index in [-0.39, 0.29) is 6.10 Å². The third-order valence-electron chi connectivity index (χ3n) is 5.41. The van der Waals surface area contributed by atoms with Crippen LogP contribution in [0.4, 0.5) is 0 Å². The Labute approximate surface area is 178 Å². The van der Waals surface area contributed by atoms with Crippen molar-refractivity contribution in [2.75, 3.05) is 13.2 Å². The molecule has 1 atom stereocenters. The fourth-order valence-corrected chi connectivity index (χ4v) is 6.73. The average Bonchev–Trinajstić information content (AvgIpc) is 2.67. The van der Waals surface area contributed by atoms with Gasteiger partial charge in [0.1, 0.15) is 0 Å². The third-order valence-corrected chi connectivity index (χ3v) is 8.59. The molecule has 0 aromatic heterocycles. The van der Waals surface area contributed by atoms with E-state index in [1.54, 1.807) is 0 Å². The Kier molecular flexibility index (Phi) is 20.4. The number of rotatable bonds is 22. The van der Waals surface area contributed by atoms with E-state index >= 15 is 0 Å². The van der Waals surface area contributed by atoms with Gasteiger partial charge in [-0.05, 0) is 33.6 Å². The molecular weight excluding hydrogens is 364 g/mol. The molecule has 3 nitrogen and oxygen atoms in total. The van der Waals surface area contributed by atoms with Crippen LogP contribution in [0.15, 0.2) is 0 Å². The molecule has 0 N–H and O–H groups in total. The van der Waals surface area contributed by atoms with E-state index in [0.717, 1.165) is 12.5 Å². The molecule has 170 valence electrons. The molecule has 0 aromatic rings. The van der Waals surface area contributed by atoms with E-state index in [1.807, 2.05) is 0 Å². The topological polar surface area (TPSA) is 27.7 Å². The Balaban J connectivity index is 4.22. The highest BCUT2D eigenvalue weighted by atomic mass is 28.4. The lowest BCUT2D eigenvalue weighted by atomic mass is 10.1. The number of hydrogen-bond donors (Lipinski definition) is 0. The predicted molar refractivity (Wildman–Crippen MR) is 125 cm³/mol. The van der Waals surface area contributed by atoms with Crippen LogP contribution >= 0.6 is 0 Å². The second kappa shape index (κ2) is 20.4. The SMILES string of the molecule is CCCCCCCCCC[Si](OCC)(OCC)OC(C)CCCCCCCC. The normalized spacial score (nSPS) is 13.2. The summed E-state index contributed by atoms with van der Waals surface area (Å²) < 4.78 is 18.8. The standard InChI is InChI=1S/C24H52O3Si/c1-6-10-12-14-16-17-19-21-23-28(25-8-3,26-9-4)27-24(5)22-20-18-15-13-11-7-2/h24H,6-23H2,1-5H3. The molecule has 0 fully saturated rings. The van der Waals surface area contributed by atoms with Gasteiger partial charge >= 0.3 is 8.80 Å². The van der Waals surface area contributed by atoms with E-state index in [4.69, 9.17) is 13.3 Å². The van der Waals surface area contributed by atoms with Gasteiger partial charge in [-0.2, -0.15) is 0 Å². The first-order valence-electron chi connectivity index (χ1n) is 12.6. The van der Waals surface area contributed by atoms with Crippen LogP contribution in [0.3, 0.4) is 0 Å². The van der Waals surface area contributed by atoms with Crippen molar-refractivity contribution in [3.05, 3.63) is 0 Å². The maximum atomic E-state index is 6.50. The lowest BCUT2D eigenvalue weighted by Crippen LogP contribution is -2.48. The summed E-state index contributed by atoms with van der Waals surface area (Å²) >= 11 is 0. The summed E-state index contributed by atoms with van der Waals surface area (Å²) in [7, 11) is -2.52. The summed E-state index contributed by atoms with van der Waals surface area (Å²) in [5.41, 5.74) is 0. The summed E-state index contributed by atoms with van der Waals surface area (Å²) in [6.07, 6.45) is 20.0. The minimum absolute atomic E-state index is 0.241. The minimum atomic E-state index is -2.52. The second-order valence-electron chi connectivity index (χ2n) is 8.26. The summed E-state index contributed by atoms with van der Waals surface area (Å²) in [5, 5.41) is 0. The van der Waals surface area contributed by atoms with Gasteiger partial charge in [-0.1, -0.05) is 97.3 Å². The number of hydrogen-bond acceptors (Lipinski definition) is 3. The van der Waals surface area contributed by atoms with Gasteiger partial charge in [0.25, 0.3) is 0 Å². The summed E-state index contributed by atoms with van der Waals surface area (Å²) in [5.74, 6) is 0.